The van der Waals surface area contributed by atoms with Crippen molar-refractivity contribution >= 4 is 22.5 Å². The van der Waals surface area contributed by atoms with E-state index in [1.165, 1.54) is 4.90 Å². The number of phenolic OH excluding ortho intramolecular Hbond substituents is 1. The van der Waals surface area contributed by atoms with Gasteiger partial charge in [-0.15, -0.1) is 0 Å². The molecule has 0 aliphatic rings. The van der Waals surface area contributed by atoms with Crippen LogP contribution in [-0.4, -0.2) is 28.3 Å². The second-order valence-corrected chi connectivity index (χ2v) is 5.89. The Labute approximate surface area is 140 Å². The topological polar surface area (TPSA) is 69.2 Å². The minimum atomic E-state index is -0.247. The van der Waals surface area contributed by atoms with Crippen molar-refractivity contribution < 1.29 is 9.90 Å². The predicted molar refractivity (Wildman–Crippen MR) is 95.5 cm³/mol. The normalized spacial score (nSPS) is 10.9. The molecule has 5 nitrogen and oxygen atoms in total. The number of hydrogen-bond acceptors (Lipinski definition) is 3. The third-order valence-corrected chi connectivity index (χ3v) is 4.20. The highest BCUT2D eigenvalue weighted by Crippen LogP contribution is 2.28. The number of para-hydroxylation sites is 1. The van der Waals surface area contributed by atoms with Crippen molar-refractivity contribution in [2.45, 2.75) is 26.2 Å². The van der Waals surface area contributed by atoms with Crippen LogP contribution in [0.4, 0.5) is 5.69 Å². The van der Waals surface area contributed by atoms with Gasteiger partial charge < -0.3 is 10.0 Å². The molecule has 3 rings (SSSR count). The Morgan fingerprint density at radius 2 is 2.00 bits per heavy atom. The molecule has 0 aliphatic heterocycles. The number of rotatable bonds is 5. The summed E-state index contributed by atoms with van der Waals surface area (Å²) in [6.45, 7) is 2.13. The highest BCUT2D eigenvalue weighted by molar-refractivity contribution is 6.09. The molecule has 0 unspecified atom stereocenters. The molecule has 3 aromatic rings. The highest BCUT2D eigenvalue weighted by atomic mass is 16.3. The van der Waals surface area contributed by atoms with Crippen LogP contribution in [0.2, 0.25) is 0 Å². The number of H-pyrrole nitrogens is 1. The van der Waals surface area contributed by atoms with Gasteiger partial charge in [-0.2, -0.15) is 5.10 Å². The molecule has 0 saturated carbocycles. The van der Waals surface area contributed by atoms with Crippen molar-refractivity contribution in [3.63, 3.8) is 0 Å². The van der Waals surface area contributed by atoms with Crippen LogP contribution in [0.3, 0.4) is 0 Å². The van der Waals surface area contributed by atoms with Gasteiger partial charge in [-0.1, -0.05) is 31.5 Å². The fraction of sp³-hybridized carbons (Fsp3) is 0.263. The summed E-state index contributed by atoms with van der Waals surface area (Å²) in [4.78, 5) is 14.3. The Hall–Kier alpha value is -2.82. The van der Waals surface area contributed by atoms with Crippen LogP contribution in [-0.2, 0) is 6.42 Å². The molecular formula is C19H21N3O2. The van der Waals surface area contributed by atoms with Gasteiger partial charge in [0.25, 0.3) is 5.91 Å². The smallest absolute Gasteiger partial charge is 0.261 e. The van der Waals surface area contributed by atoms with E-state index in [-0.39, 0.29) is 17.2 Å². The summed E-state index contributed by atoms with van der Waals surface area (Å²) < 4.78 is 0. The van der Waals surface area contributed by atoms with Gasteiger partial charge in [0.2, 0.25) is 0 Å². The molecule has 0 aliphatic carbocycles. The maximum Gasteiger partial charge on any atom is 0.261 e. The number of nitrogens with one attached hydrogen (secondary N) is 1. The van der Waals surface area contributed by atoms with E-state index in [9.17, 15) is 9.90 Å². The third-order valence-electron chi connectivity index (χ3n) is 4.20. The summed E-state index contributed by atoms with van der Waals surface area (Å²) in [5.41, 5.74) is 2.74. The van der Waals surface area contributed by atoms with Gasteiger partial charge in [-0.3, -0.25) is 9.89 Å². The molecule has 2 N–H and O–H groups in total. The average Bonchev–Trinajstić information content (AvgIpc) is 3.00. The molecule has 0 spiro atoms. The molecule has 5 heteroatoms. The third kappa shape index (κ3) is 2.97. The van der Waals surface area contributed by atoms with Gasteiger partial charge in [0.05, 0.1) is 16.8 Å². The summed E-state index contributed by atoms with van der Waals surface area (Å²) in [5.74, 6) is -0.288. The number of aryl methyl sites for hydroxylation is 1. The Balaban J connectivity index is 1.98. The van der Waals surface area contributed by atoms with Crippen LogP contribution in [0.1, 0.15) is 35.8 Å². The number of aromatic hydroxyl groups is 1. The molecule has 2 aromatic carbocycles. The molecule has 124 valence electrons. The number of anilines is 1. The largest absolute Gasteiger partial charge is 0.507 e. The predicted octanol–water partition coefficient (Wildman–Crippen LogP) is 3.89. The minimum absolute atomic E-state index is 0.0408. The molecule has 0 radical (unpaired) electrons. The lowest BCUT2D eigenvalue weighted by molar-refractivity contribution is 0.0990. The fourth-order valence-electron chi connectivity index (χ4n) is 2.76. The van der Waals surface area contributed by atoms with Crippen molar-refractivity contribution in [1.82, 2.24) is 10.2 Å². The fourth-order valence-corrected chi connectivity index (χ4v) is 2.76. The molecule has 24 heavy (non-hydrogen) atoms. The number of amides is 1. The van der Waals surface area contributed by atoms with Gasteiger partial charge in [0, 0.05) is 24.2 Å². The van der Waals surface area contributed by atoms with E-state index in [2.05, 4.69) is 17.1 Å². The van der Waals surface area contributed by atoms with Crippen molar-refractivity contribution in [1.29, 1.82) is 0 Å². The summed E-state index contributed by atoms with van der Waals surface area (Å²) in [5, 5.41) is 18.4. The highest BCUT2D eigenvalue weighted by Gasteiger charge is 2.19. The summed E-state index contributed by atoms with van der Waals surface area (Å²) in [7, 11) is 1.70. The maximum atomic E-state index is 12.8. The number of carbonyl (C=O) groups is 1. The van der Waals surface area contributed by atoms with E-state index in [1.54, 1.807) is 19.2 Å². The first-order valence-corrected chi connectivity index (χ1v) is 8.15. The average molecular weight is 323 g/mol. The van der Waals surface area contributed by atoms with Crippen LogP contribution in [0.5, 0.6) is 5.75 Å². The van der Waals surface area contributed by atoms with Crippen molar-refractivity contribution in [2.24, 2.45) is 0 Å². The first-order chi connectivity index (χ1) is 11.6. The lowest BCUT2D eigenvalue weighted by Crippen LogP contribution is -2.26. The number of carbonyl (C=O) groups excluding carboxylic acids is 1. The molecule has 1 amide bonds. The Kier molecular flexibility index (Phi) is 4.51. The number of aromatic amines is 1. The molecular weight excluding hydrogens is 302 g/mol. The van der Waals surface area contributed by atoms with Gasteiger partial charge in [-0.05, 0) is 31.0 Å². The molecule has 0 saturated heterocycles. The number of nitrogens with zero attached hydrogens (tertiary/aromatic N) is 2. The summed E-state index contributed by atoms with van der Waals surface area (Å²) >= 11 is 0. The number of fused-ring (bicyclic) bond motifs is 1. The monoisotopic (exact) mass is 323 g/mol. The standard InChI is InChI=1S/C19H21N3O2/c1-3-4-10-16-14-11-15(18(23)12-17(14)21-20-16)19(24)22(2)13-8-6-5-7-9-13/h5-9,11-12,23H,3-4,10H2,1-2H3,(H,20,21). The lowest BCUT2D eigenvalue weighted by atomic mass is 10.1. The number of unbranched alkanes of at least 4 members (excludes halogenated alkanes) is 1. The number of phenols is 1. The van der Waals surface area contributed by atoms with Gasteiger partial charge in [0.1, 0.15) is 5.75 Å². The number of hydrogen-bond donors (Lipinski definition) is 2. The van der Waals surface area contributed by atoms with E-state index >= 15 is 0 Å². The summed E-state index contributed by atoms with van der Waals surface area (Å²) in [6, 6.07) is 12.7. The zero-order valence-electron chi connectivity index (χ0n) is 13.9. The van der Waals surface area contributed by atoms with E-state index in [1.807, 2.05) is 30.3 Å². The molecule has 0 fully saturated rings. The minimum Gasteiger partial charge on any atom is -0.507 e. The SMILES string of the molecule is CCCCc1n[nH]c2cc(O)c(C(=O)N(C)c3ccccc3)cc12. The maximum absolute atomic E-state index is 12.8. The molecule has 0 atom stereocenters. The van der Waals surface area contributed by atoms with Gasteiger partial charge >= 0.3 is 0 Å². The first kappa shape index (κ1) is 16.1. The van der Waals surface area contributed by atoms with Crippen molar-refractivity contribution in [2.75, 3.05) is 11.9 Å². The molecule has 1 heterocycles. The Morgan fingerprint density at radius 3 is 2.71 bits per heavy atom. The Morgan fingerprint density at radius 1 is 1.25 bits per heavy atom. The van der Waals surface area contributed by atoms with Crippen LogP contribution in [0.25, 0.3) is 10.9 Å². The van der Waals surface area contributed by atoms with Gasteiger partial charge in [0.15, 0.2) is 0 Å². The van der Waals surface area contributed by atoms with Crippen LogP contribution in [0, 0.1) is 0 Å². The lowest BCUT2D eigenvalue weighted by Gasteiger charge is -2.18. The molecule has 0 bridgehead atoms. The van der Waals surface area contributed by atoms with Crippen molar-refractivity contribution in [3.8, 4) is 5.75 Å². The van der Waals surface area contributed by atoms with Crippen LogP contribution >= 0.6 is 0 Å². The summed E-state index contributed by atoms with van der Waals surface area (Å²) in [6.07, 6.45) is 2.96. The van der Waals surface area contributed by atoms with E-state index in [0.717, 1.165) is 41.5 Å². The number of aromatic nitrogens is 2. The zero-order chi connectivity index (χ0) is 17.1. The van der Waals surface area contributed by atoms with Crippen LogP contribution < -0.4 is 4.90 Å². The molecule has 1 aromatic heterocycles. The number of benzene rings is 2. The Bertz CT molecular complexity index is 856. The zero-order valence-corrected chi connectivity index (χ0v) is 13.9. The van der Waals surface area contributed by atoms with E-state index in [0.29, 0.717) is 0 Å². The van der Waals surface area contributed by atoms with Gasteiger partial charge in [-0.25, -0.2) is 0 Å². The quantitative estimate of drug-likeness (QED) is 0.748. The van der Waals surface area contributed by atoms with Crippen molar-refractivity contribution in [3.05, 3.63) is 53.7 Å². The van der Waals surface area contributed by atoms with Crippen LogP contribution in [0.15, 0.2) is 42.5 Å². The van der Waals surface area contributed by atoms with E-state index < -0.39 is 0 Å². The first-order valence-electron chi connectivity index (χ1n) is 8.15. The second kappa shape index (κ2) is 6.74. The second-order valence-electron chi connectivity index (χ2n) is 5.89. The van der Waals surface area contributed by atoms with E-state index in [4.69, 9.17) is 0 Å².